The van der Waals surface area contributed by atoms with Crippen molar-refractivity contribution >= 4 is 23.0 Å². The van der Waals surface area contributed by atoms with E-state index in [9.17, 15) is 5.11 Å². The van der Waals surface area contributed by atoms with Crippen LogP contribution in [-0.4, -0.2) is 16.9 Å². The molecule has 2 aliphatic rings. The summed E-state index contributed by atoms with van der Waals surface area (Å²) in [7, 11) is 0. The van der Waals surface area contributed by atoms with Crippen LogP contribution in [0.4, 0.5) is 5.69 Å². The molecular weight excluding hydrogens is 238 g/mol. The highest BCUT2D eigenvalue weighted by molar-refractivity contribution is 6.32. The van der Waals surface area contributed by atoms with Gasteiger partial charge in [-0.2, -0.15) is 15.6 Å². The number of nitrogens with zero attached hydrogens (tertiary/aromatic N) is 2. The summed E-state index contributed by atoms with van der Waals surface area (Å²) in [6, 6.07) is 6.99. The molecule has 3 rings (SSSR count). The minimum Gasteiger partial charge on any atom is -0.506 e. The van der Waals surface area contributed by atoms with Gasteiger partial charge in [-0.3, -0.25) is 0 Å². The van der Waals surface area contributed by atoms with Gasteiger partial charge >= 0.3 is 0 Å². The van der Waals surface area contributed by atoms with Gasteiger partial charge in [0.15, 0.2) is 0 Å². The van der Waals surface area contributed by atoms with Gasteiger partial charge in [-0.25, -0.2) is 0 Å². The Labute approximate surface area is 103 Å². The van der Waals surface area contributed by atoms with Crippen molar-refractivity contribution in [3.63, 3.8) is 0 Å². The Kier molecular flexibility index (Phi) is 2.39. The Morgan fingerprint density at radius 3 is 2.94 bits per heavy atom. The standard InChI is InChI=1S/C12H10ClN3O/c13-8-5-6-9-10(7-8)15-16(14-9)11-3-1-2-4-12(11)17/h1-7,10,15,17H. The first-order chi connectivity index (χ1) is 8.24. The van der Waals surface area contributed by atoms with E-state index in [-0.39, 0.29) is 11.8 Å². The number of allylic oxidation sites excluding steroid dienone is 2. The highest BCUT2D eigenvalue weighted by atomic mass is 35.5. The largest absolute Gasteiger partial charge is 0.506 e. The zero-order chi connectivity index (χ0) is 11.8. The Balaban J connectivity index is 1.93. The van der Waals surface area contributed by atoms with Crippen molar-refractivity contribution in [1.29, 1.82) is 0 Å². The molecule has 0 saturated carbocycles. The molecule has 0 bridgehead atoms. The van der Waals surface area contributed by atoms with Crippen LogP contribution in [0.3, 0.4) is 0 Å². The molecule has 1 atom stereocenters. The number of phenolic OH excluding ortho intramolecular Hbond substituents is 1. The highest BCUT2D eigenvalue weighted by Crippen LogP contribution is 2.28. The van der Waals surface area contributed by atoms with Crippen LogP contribution in [0, 0.1) is 0 Å². The molecule has 1 unspecified atom stereocenters. The van der Waals surface area contributed by atoms with Crippen molar-refractivity contribution in [2.75, 3.05) is 5.12 Å². The van der Waals surface area contributed by atoms with Crippen molar-refractivity contribution in [2.24, 2.45) is 5.10 Å². The normalized spacial score (nSPS) is 22.2. The molecule has 0 aromatic heterocycles. The van der Waals surface area contributed by atoms with Crippen LogP contribution in [0.25, 0.3) is 0 Å². The number of benzene rings is 1. The highest BCUT2D eigenvalue weighted by Gasteiger charge is 2.26. The molecule has 1 aromatic rings. The maximum Gasteiger partial charge on any atom is 0.142 e. The van der Waals surface area contributed by atoms with Gasteiger partial charge in [-0.1, -0.05) is 23.7 Å². The summed E-state index contributed by atoms with van der Waals surface area (Å²) in [5.74, 6) is 0.182. The maximum atomic E-state index is 9.75. The first-order valence-electron chi connectivity index (χ1n) is 5.22. The Morgan fingerprint density at radius 2 is 2.12 bits per heavy atom. The van der Waals surface area contributed by atoms with Crippen molar-refractivity contribution in [3.8, 4) is 5.75 Å². The maximum absolute atomic E-state index is 9.75. The third-order valence-corrected chi connectivity index (χ3v) is 2.90. The lowest BCUT2D eigenvalue weighted by molar-refractivity contribution is 0.472. The van der Waals surface area contributed by atoms with Crippen LogP contribution in [0.5, 0.6) is 5.75 Å². The number of hydrazone groups is 1. The van der Waals surface area contributed by atoms with E-state index in [1.165, 1.54) is 0 Å². The van der Waals surface area contributed by atoms with E-state index < -0.39 is 0 Å². The number of para-hydroxylation sites is 2. The van der Waals surface area contributed by atoms with Gasteiger partial charge in [-0.15, -0.1) is 0 Å². The molecule has 17 heavy (non-hydrogen) atoms. The fourth-order valence-corrected chi connectivity index (χ4v) is 2.00. The molecule has 0 spiro atoms. The van der Waals surface area contributed by atoms with Gasteiger partial charge in [0.1, 0.15) is 11.4 Å². The monoisotopic (exact) mass is 247 g/mol. The van der Waals surface area contributed by atoms with Crippen molar-refractivity contribution < 1.29 is 5.11 Å². The molecular formula is C12H10ClN3O. The predicted molar refractivity (Wildman–Crippen MR) is 68.0 cm³/mol. The Hall–Kier alpha value is -1.78. The number of aromatic hydroxyl groups is 1. The van der Waals surface area contributed by atoms with Crippen molar-refractivity contribution in [1.82, 2.24) is 5.43 Å². The smallest absolute Gasteiger partial charge is 0.142 e. The molecule has 1 aromatic carbocycles. The van der Waals surface area contributed by atoms with Gasteiger partial charge in [-0.05, 0) is 30.4 Å². The minimum absolute atomic E-state index is 0.0351. The van der Waals surface area contributed by atoms with E-state index in [2.05, 4.69) is 10.5 Å². The van der Waals surface area contributed by atoms with Gasteiger partial charge < -0.3 is 5.11 Å². The predicted octanol–water partition coefficient (Wildman–Crippen LogP) is 2.13. The zero-order valence-electron chi connectivity index (χ0n) is 8.84. The quantitative estimate of drug-likeness (QED) is 0.799. The number of rotatable bonds is 1. The molecule has 0 saturated heterocycles. The van der Waals surface area contributed by atoms with Crippen LogP contribution in [0.1, 0.15) is 0 Å². The summed E-state index contributed by atoms with van der Waals surface area (Å²) in [6.07, 6.45) is 5.54. The lowest BCUT2D eigenvalue weighted by atomic mass is 10.1. The molecule has 86 valence electrons. The Morgan fingerprint density at radius 1 is 1.29 bits per heavy atom. The molecule has 5 heteroatoms. The Bertz CT molecular complexity index is 550. The third-order valence-electron chi connectivity index (χ3n) is 2.64. The zero-order valence-corrected chi connectivity index (χ0v) is 9.59. The molecule has 4 nitrogen and oxygen atoms in total. The van der Waals surface area contributed by atoms with Crippen LogP contribution in [-0.2, 0) is 0 Å². The number of halogens is 1. The van der Waals surface area contributed by atoms with Gasteiger partial charge in [0.05, 0.1) is 11.8 Å². The summed E-state index contributed by atoms with van der Waals surface area (Å²) in [4.78, 5) is 0. The summed E-state index contributed by atoms with van der Waals surface area (Å²) < 4.78 is 0. The first-order valence-corrected chi connectivity index (χ1v) is 5.60. The molecule has 1 aliphatic heterocycles. The summed E-state index contributed by atoms with van der Waals surface area (Å²) >= 11 is 5.92. The molecule has 1 heterocycles. The second-order valence-corrected chi connectivity index (χ2v) is 4.25. The average Bonchev–Trinajstić information content (AvgIpc) is 2.72. The van der Waals surface area contributed by atoms with Crippen molar-refractivity contribution in [2.45, 2.75) is 6.04 Å². The van der Waals surface area contributed by atoms with E-state index in [1.807, 2.05) is 18.2 Å². The SMILES string of the molecule is Oc1ccccc1N1N=C2C=CC(Cl)=CC2N1. The molecule has 2 N–H and O–H groups in total. The number of phenols is 1. The second-order valence-electron chi connectivity index (χ2n) is 3.82. The molecule has 0 amide bonds. The van der Waals surface area contributed by atoms with E-state index in [1.54, 1.807) is 29.4 Å². The fraction of sp³-hybridized carbons (Fsp3) is 0.0833. The van der Waals surface area contributed by atoms with E-state index >= 15 is 0 Å². The number of hydrazine groups is 1. The van der Waals surface area contributed by atoms with Crippen molar-refractivity contribution in [3.05, 3.63) is 47.5 Å². The van der Waals surface area contributed by atoms with Gasteiger partial charge in [0.25, 0.3) is 0 Å². The number of hydrogen-bond donors (Lipinski definition) is 2. The third kappa shape index (κ3) is 1.81. The first kappa shape index (κ1) is 10.4. The van der Waals surface area contributed by atoms with Crippen LogP contribution in [0.15, 0.2) is 52.6 Å². The lowest BCUT2D eigenvalue weighted by Crippen LogP contribution is -2.37. The minimum atomic E-state index is -0.0351. The number of nitrogens with one attached hydrogen (secondary N) is 1. The summed E-state index contributed by atoms with van der Waals surface area (Å²) in [5.41, 5.74) is 4.63. The summed E-state index contributed by atoms with van der Waals surface area (Å²) in [6.45, 7) is 0. The lowest BCUT2D eigenvalue weighted by Gasteiger charge is -2.17. The van der Waals surface area contributed by atoms with Crippen LogP contribution < -0.4 is 10.5 Å². The number of fused-ring (bicyclic) bond motifs is 1. The summed E-state index contributed by atoms with van der Waals surface area (Å²) in [5, 5.41) is 16.4. The molecule has 1 aliphatic carbocycles. The number of hydrogen-bond acceptors (Lipinski definition) is 4. The van der Waals surface area contributed by atoms with Gasteiger partial charge in [0, 0.05) is 5.03 Å². The fourth-order valence-electron chi connectivity index (χ4n) is 1.81. The van der Waals surface area contributed by atoms with Crippen LogP contribution >= 0.6 is 11.6 Å². The van der Waals surface area contributed by atoms with E-state index in [0.717, 1.165) is 5.71 Å². The van der Waals surface area contributed by atoms with E-state index in [4.69, 9.17) is 11.6 Å². The number of anilines is 1. The average molecular weight is 248 g/mol. The topological polar surface area (TPSA) is 47.9 Å². The second kappa shape index (κ2) is 3.91. The molecule has 0 radical (unpaired) electrons. The van der Waals surface area contributed by atoms with E-state index in [0.29, 0.717) is 10.7 Å². The van der Waals surface area contributed by atoms with Crippen LogP contribution in [0.2, 0.25) is 0 Å². The van der Waals surface area contributed by atoms with Gasteiger partial charge in [0.2, 0.25) is 0 Å². The molecule has 0 fully saturated rings.